The molecule has 0 radical (unpaired) electrons. The molecular weight excluding hydrogens is 354 g/mol. The molecule has 3 rings (SSSR count). The molecule has 0 aliphatic carbocycles. The molecule has 2 amide bonds. The fraction of sp³-hybridized carbons (Fsp3) is 0.118. The molecule has 0 bridgehead atoms. The summed E-state index contributed by atoms with van der Waals surface area (Å²) in [7, 11) is 0. The molecule has 2 aromatic heterocycles. The molecule has 2 heterocycles. The van der Waals surface area contributed by atoms with Gasteiger partial charge in [-0.3, -0.25) is 14.9 Å². The summed E-state index contributed by atoms with van der Waals surface area (Å²) in [5, 5.41) is 17.4. The predicted molar refractivity (Wildman–Crippen MR) is 97.0 cm³/mol. The molecule has 9 heteroatoms. The average Bonchev–Trinajstić information content (AvgIpc) is 3.06. The first kappa shape index (κ1) is 17.6. The predicted octanol–water partition coefficient (Wildman–Crippen LogP) is 2.76. The van der Waals surface area contributed by atoms with E-state index < -0.39 is 0 Å². The smallest absolute Gasteiger partial charge is 0.256 e. The Balaban J connectivity index is 1.49. The maximum Gasteiger partial charge on any atom is 0.256 e. The third-order valence-electron chi connectivity index (χ3n) is 3.16. The Bertz CT molecular complexity index is 896. The number of hydrogen-bond acceptors (Lipinski definition) is 7. The van der Waals surface area contributed by atoms with Crippen LogP contribution in [0, 0.1) is 6.92 Å². The summed E-state index contributed by atoms with van der Waals surface area (Å²) in [4.78, 5) is 23.9. The van der Waals surface area contributed by atoms with E-state index in [1.165, 1.54) is 11.8 Å². The molecule has 1 aromatic carbocycles. The number of anilines is 2. The van der Waals surface area contributed by atoms with Gasteiger partial charge < -0.3 is 9.84 Å². The summed E-state index contributed by atoms with van der Waals surface area (Å²) in [6, 6.07) is 13.8. The topological polar surface area (TPSA) is 110 Å². The second-order valence-corrected chi connectivity index (χ2v) is 6.24. The number of carbonyl (C=O) groups excluding carboxylic acids is 2. The molecule has 3 aromatic rings. The number of rotatable bonds is 6. The van der Waals surface area contributed by atoms with Gasteiger partial charge in [0.05, 0.1) is 11.4 Å². The molecule has 2 N–H and O–H groups in total. The zero-order valence-electron chi connectivity index (χ0n) is 13.8. The molecule has 0 fully saturated rings. The van der Waals surface area contributed by atoms with Crippen LogP contribution in [0.25, 0.3) is 0 Å². The minimum atomic E-state index is -0.262. The number of benzene rings is 1. The Kier molecular flexibility index (Phi) is 5.59. The molecule has 0 unspecified atom stereocenters. The van der Waals surface area contributed by atoms with Crippen LogP contribution in [0.5, 0.6) is 0 Å². The fourth-order valence-electron chi connectivity index (χ4n) is 1.98. The van der Waals surface area contributed by atoms with Gasteiger partial charge in [0.1, 0.15) is 5.03 Å². The monoisotopic (exact) mass is 369 g/mol. The van der Waals surface area contributed by atoms with Crippen molar-refractivity contribution in [3.63, 3.8) is 0 Å². The second kappa shape index (κ2) is 8.26. The van der Waals surface area contributed by atoms with E-state index in [-0.39, 0.29) is 17.6 Å². The highest BCUT2D eigenvalue weighted by Crippen LogP contribution is 2.17. The van der Waals surface area contributed by atoms with E-state index >= 15 is 0 Å². The largest absolute Gasteiger partial charge is 0.338 e. The van der Waals surface area contributed by atoms with Gasteiger partial charge in [0.2, 0.25) is 11.8 Å². The number of nitrogens with one attached hydrogen (secondary N) is 2. The Morgan fingerprint density at radius 2 is 1.88 bits per heavy atom. The van der Waals surface area contributed by atoms with Gasteiger partial charge in [0.15, 0.2) is 5.82 Å². The van der Waals surface area contributed by atoms with E-state index in [0.29, 0.717) is 28.0 Å². The SMILES string of the molecule is Cc1cc(NC(=O)CSc2ccc(NC(=O)c3ccccc3)nn2)on1. The zero-order valence-corrected chi connectivity index (χ0v) is 14.6. The minimum Gasteiger partial charge on any atom is -0.338 e. The third kappa shape index (κ3) is 4.90. The van der Waals surface area contributed by atoms with Crippen molar-refractivity contribution in [2.24, 2.45) is 0 Å². The quantitative estimate of drug-likeness (QED) is 0.643. The molecule has 0 spiro atoms. The summed E-state index contributed by atoms with van der Waals surface area (Å²) in [6.07, 6.45) is 0. The van der Waals surface area contributed by atoms with Crippen LogP contribution < -0.4 is 10.6 Å². The van der Waals surface area contributed by atoms with Gasteiger partial charge in [0.25, 0.3) is 5.91 Å². The molecule has 26 heavy (non-hydrogen) atoms. The lowest BCUT2D eigenvalue weighted by molar-refractivity contribution is -0.113. The maximum atomic E-state index is 12.0. The molecule has 0 saturated carbocycles. The highest BCUT2D eigenvalue weighted by Gasteiger charge is 2.09. The van der Waals surface area contributed by atoms with Crippen molar-refractivity contribution in [3.05, 3.63) is 59.8 Å². The summed E-state index contributed by atoms with van der Waals surface area (Å²) in [5.74, 6) is 0.281. The van der Waals surface area contributed by atoms with Gasteiger partial charge in [-0.25, -0.2) is 0 Å². The first-order valence-electron chi connectivity index (χ1n) is 7.66. The number of nitrogens with zero attached hydrogens (tertiary/aromatic N) is 3. The van der Waals surface area contributed by atoms with Crippen LogP contribution in [0.1, 0.15) is 16.1 Å². The van der Waals surface area contributed by atoms with Crippen LogP contribution in [0.15, 0.2) is 58.1 Å². The summed E-state index contributed by atoms with van der Waals surface area (Å²) in [6.45, 7) is 1.77. The first-order chi connectivity index (χ1) is 12.6. The summed E-state index contributed by atoms with van der Waals surface area (Å²) in [5.41, 5.74) is 1.22. The van der Waals surface area contributed by atoms with E-state index in [2.05, 4.69) is 26.0 Å². The molecule has 0 saturated heterocycles. The van der Waals surface area contributed by atoms with E-state index in [1.54, 1.807) is 49.4 Å². The highest BCUT2D eigenvalue weighted by atomic mass is 32.2. The van der Waals surface area contributed by atoms with Crippen LogP contribution >= 0.6 is 11.8 Å². The lowest BCUT2D eigenvalue weighted by Gasteiger charge is -2.04. The normalized spacial score (nSPS) is 10.3. The van der Waals surface area contributed by atoms with Crippen molar-refractivity contribution < 1.29 is 14.1 Å². The zero-order chi connectivity index (χ0) is 18.4. The van der Waals surface area contributed by atoms with Gasteiger partial charge >= 0.3 is 0 Å². The maximum absolute atomic E-state index is 12.0. The standard InChI is InChI=1S/C17H15N5O3S/c1-11-9-15(25-22-11)19-14(23)10-26-16-8-7-13(20-21-16)18-17(24)12-5-3-2-4-6-12/h2-9H,10H2,1H3,(H,19,23)(H,18,20,24). The van der Waals surface area contributed by atoms with Crippen molar-refractivity contribution >= 4 is 35.3 Å². The van der Waals surface area contributed by atoms with Crippen LogP contribution in [0.2, 0.25) is 0 Å². The van der Waals surface area contributed by atoms with Gasteiger partial charge in [-0.2, -0.15) is 0 Å². The Labute approximate surface area is 153 Å². The van der Waals surface area contributed by atoms with E-state index in [0.717, 1.165) is 0 Å². The number of amides is 2. The van der Waals surface area contributed by atoms with Crippen LogP contribution in [0.3, 0.4) is 0 Å². The number of aromatic nitrogens is 3. The number of aryl methyl sites for hydroxylation is 1. The van der Waals surface area contributed by atoms with Crippen molar-refractivity contribution in [2.45, 2.75) is 11.9 Å². The van der Waals surface area contributed by atoms with Crippen LogP contribution in [-0.2, 0) is 4.79 Å². The fourth-order valence-corrected chi connectivity index (χ4v) is 2.59. The van der Waals surface area contributed by atoms with Crippen molar-refractivity contribution in [1.82, 2.24) is 15.4 Å². The van der Waals surface area contributed by atoms with E-state index in [4.69, 9.17) is 4.52 Å². The molecule has 8 nitrogen and oxygen atoms in total. The lowest BCUT2D eigenvalue weighted by atomic mass is 10.2. The number of hydrogen-bond donors (Lipinski definition) is 2. The third-order valence-corrected chi connectivity index (χ3v) is 4.08. The minimum absolute atomic E-state index is 0.143. The van der Waals surface area contributed by atoms with Gasteiger partial charge in [-0.15, -0.1) is 10.2 Å². The Morgan fingerprint density at radius 3 is 2.54 bits per heavy atom. The number of thioether (sulfide) groups is 1. The highest BCUT2D eigenvalue weighted by molar-refractivity contribution is 7.99. The number of carbonyl (C=O) groups is 2. The molecule has 0 aliphatic heterocycles. The Morgan fingerprint density at radius 1 is 1.08 bits per heavy atom. The Hall–Kier alpha value is -3.20. The van der Waals surface area contributed by atoms with E-state index in [1.807, 2.05) is 6.07 Å². The van der Waals surface area contributed by atoms with E-state index in [9.17, 15) is 9.59 Å². The summed E-state index contributed by atoms with van der Waals surface area (Å²) < 4.78 is 4.92. The summed E-state index contributed by atoms with van der Waals surface area (Å²) >= 11 is 1.22. The van der Waals surface area contributed by atoms with Crippen LogP contribution in [-0.4, -0.2) is 32.9 Å². The van der Waals surface area contributed by atoms with Crippen molar-refractivity contribution in [3.8, 4) is 0 Å². The van der Waals surface area contributed by atoms with Crippen molar-refractivity contribution in [1.29, 1.82) is 0 Å². The average molecular weight is 369 g/mol. The molecule has 0 atom stereocenters. The van der Waals surface area contributed by atoms with Gasteiger partial charge in [-0.05, 0) is 31.2 Å². The molecule has 0 aliphatic rings. The van der Waals surface area contributed by atoms with Crippen molar-refractivity contribution in [2.75, 3.05) is 16.4 Å². The first-order valence-corrected chi connectivity index (χ1v) is 8.65. The molecular formula is C17H15N5O3S. The lowest BCUT2D eigenvalue weighted by Crippen LogP contribution is -2.14. The van der Waals surface area contributed by atoms with Crippen LogP contribution in [0.4, 0.5) is 11.7 Å². The molecule has 132 valence electrons. The van der Waals surface area contributed by atoms with Gasteiger partial charge in [0, 0.05) is 11.6 Å². The second-order valence-electron chi connectivity index (χ2n) is 5.25. The van der Waals surface area contributed by atoms with Gasteiger partial charge in [-0.1, -0.05) is 35.1 Å².